The van der Waals surface area contributed by atoms with Gasteiger partial charge in [-0.05, 0) is 38.5 Å². The van der Waals surface area contributed by atoms with Crippen LogP contribution in [0.3, 0.4) is 0 Å². The van der Waals surface area contributed by atoms with Gasteiger partial charge in [0.15, 0.2) is 0 Å². The first-order valence-electron chi connectivity index (χ1n) is 6.04. The molecule has 1 aromatic heterocycles. The van der Waals surface area contributed by atoms with Gasteiger partial charge in [0, 0.05) is 7.11 Å². The van der Waals surface area contributed by atoms with Gasteiger partial charge in [0.25, 0.3) is 0 Å². The molecule has 0 saturated carbocycles. The van der Waals surface area contributed by atoms with Crippen LogP contribution in [0, 0.1) is 6.92 Å². The van der Waals surface area contributed by atoms with E-state index in [2.05, 4.69) is 42.5 Å². The first kappa shape index (κ1) is 13.4. The van der Waals surface area contributed by atoms with E-state index in [1.54, 1.807) is 7.11 Å². The Morgan fingerprint density at radius 2 is 2.11 bits per heavy atom. The van der Waals surface area contributed by atoms with E-state index in [4.69, 9.17) is 16.3 Å². The van der Waals surface area contributed by atoms with Gasteiger partial charge in [-0.2, -0.15) is 0 Å². The van der Waals surface area contributed by atoms with Crippen molar-refractivity contribution in [2.75, 3.05) is 7.11 Å². The molecule has 2 aromatic rings. The maximum absolute atomic E-state index is 5.99. The van der Waals surface area contributed by atoms with Crippen LogP contribution >= 0.6 is 11.6 Å². The van der Waals surface area contributed by atoms with E-state index in [0.717, 1.165) is 23.4 Å². The Labute approximate surface area is 113 Å². The Kier molecular flexibility index (Phi) is 3.64. The molecule has 0 unspecified atom stereocenters. The quantitative estimate of drug-likeness (QED) is 0.792. The number of rotatable bonds is 4. The molecule has 0 N–H and O–H groups in total. The van der Waals surface area contributed by atoms with E-state index in [-0.39, 0.29) is 5.60 Å². The number of alkyl halides is 1. The highest BCUT2D eigenvalue weighted by Gasteiger charge is 2.21. The second kappa shape index (κ2) is 4.90. The molecular formula is C14H19ClN2O. The summed E-state index contributed by atoms with van der Waals surface area (Å²) in [7, 11) is 1.73. The summed E-state index contributed by atoms with van der Waals surface area (Å²) < 4.78 is 7.65. The van der Waals surface area contributed by atoms with Gasteiger partial charge < -0.3 is 9.30 Å². The molecule has 1 aromatic carbocycles. The van der Waals surface area contributed by atoms with E-state index in [9.17, 15) is 0 Å². The molecule has 4 heteroatoms. The van der Waals surface area contributed by atoms with Crippen molar-refractivity contribution in [3.63, 3.8) is 0 Å². The molecule has 98 valence electrons. The predicted molar refractivity (Wildman–Crippen MR) is 75.1 cm³/mol. The Morgan fingerprint density at radius 1 is 1.39 bits per heavy atom. The first-order chi connectivity index (χ1) is 8.46. The number of benzene rings is 1. The fourth-order valence-corrected chi connectivity index (χ4v) is 2.21. The van der Waals surface area contributed by atoms with Gasteiger partial charge in [0.2, 0.25) is 0 Å². The Hall–Kier alpha value is -1.06. The van der Waals surface area contributed by atoms with Gasteiger partial charge in [-0.3, -0.25) is 0 Å². The van der Waals surface area contributed by atoms with Crippen LogP contribution in [0.2, 0.25) is 0 Å². The monoisotopic (exact) mass is 266 g/mol. The van der Waals surface area contributed by atoms with E-state index < -0.39 is 0 Å². The summed E-state index contributed by atoms with van der Waals surface area (Å²) in [5.74, 6) is 1.30. The number of aromatic nitrogens is 2. The van der Waals surface area contributed by atoms with Crippen molar-refractivity contribution in [1.29, 1.82) is 0 Å². The van der Waals surface area contributed by atoms with Crippen molar-refractivity contribution >= 4 is 22.6 Å². The number of imidazole rings is 1. The minimum absolute atomic E-state index is 0.238. The number of hydrogen-bond acceptors (Lipinski definition) is 2. The number of halogens is 1. The van der Waals surface area contributed by atoms with Gasteiger partial charge in [0.1, 0.15) is 5.82 Å². The maximum Gasteiger partial charge on any atom is 0.124 e. The minimum atomic E-state index is -0.238. The van der Waals surface area contributed by atoms with Crippen molar-refractivity contribution in [1.82, 2.24) is 9.55 Å². The van der Waals surface area contributed by atoms with Crippen molar-refractivity contribution < 1.29 is 4.74 Å². The van der Waals surface area contributed by atoms with E-state index >= 15 is 0 Å². The van der Waals surface area contributed by atoms with E-state index in [0.29, 0.717) is 5.88 Å². The van der Waals surface area contributed by atoms with Crippen molar-refractivity contribution in [3.05, 3.63) is 29.6 Å². The molecule has 1 heterocycles. The largest absolute Gasteiger partial charge is 0.377 e. The lowest BCUT2D eigenvalue weighted by molar-refractivity contribution is 0.00854. The lowest BCUT2D eigenvalue weighted by Gasteiger charge is -2.24. The zero-order chi connectivity index (χ0) is 13.3. The number of nitrogens with zero attached hydrogens (tertiary/aromatic N) is 2. The van der Waals surface area contributed by atoms with Crippen LogP contribution in [0.1, 0.15) is 25.2 Å². The third-order valence-corrected chi connectivity index (χ3v) is 3.43. The third-order valence-electron chi connectivity index (χ3n) is 3.19. The highest BCUT2D eigenvalue weighted by molar-refractivity contribution is 6.16. The highest BCUT2D eigenvalue weighted by Crippen LogP contribution is 2.22. The SMILES string of the molecule is COC(C)(C)Cn1c(CCl)nc2ccc(C)cc21. The van der Waals surface area contributed by atoms with Crippen LogP contribution in [0.25, 0.3) is 11.0 Å². The Balaban J connectivity index is 2.55. The molecule has 0 aliphatic rings. The highest BCUT2D eigenvalue weighted by atomic mass is 35.5. The summed E-state index contributed by atoms with van der Waals surface area (Å²) in [5, 5.41) is 0. The third kappa shape index (κ3) is 2.52. The van der Waals surface area contributed by atoms with Gasteiger partial charge in [-0.25, -0.2) is 4.98 Å². The topological polar surface area (TPSA) is 27.1 Å². The summed E-state index contributed by atoms with van der Waals surface area (Å²) in [4.78, 5) is 4.57. The second-order valence-corrected chi connectivity index (χ2v) is 5.47. The smallest absolute Gasteiger partial charge is 0.124 e. The van der Waals surface area contributed by atoms with Crippen LogP contribution < -0.4 is 0 Å². The summed E-state index contributed by atoms with van der Waals surface area (Å²) in [6, 6.07) is 6.25. The zero-order valence-corrected chi connectivity index (χ0v) is 12.1. The molecule has 0 amide bonds. The summed E-state index contributed by atoms with van der Waals surface area (Å²) in [5.41, 5.74) is 3.09. The molecule has 0 spiro atoms. The molecule has 0 aliphatic heterocycles. The van der Waals surface area contributed by atoms with E-state index in [1.165, 1.54) is 5.56 Å². The number of fused-ring (bicyclic) bond motifs is 1. The Morgan fingerprint density at radius 3 is 2.72 bits per heavy atom. The maximum atomic E-state index is 5.99. The zero-order valence-electron chi connectivity index (χ0n) is 11.3. The summed E-state index contributed by atoms with van der Waals surface area (Å²) >= 11 is 5.99. The average Bonchev–Trinajstić information content (AvgIpc) is 2.67. The summed E-state index contributed by atoms with van der Waals surface area (Å²) in [6.07, 6.45) is 0. The van der Waals surface area contributed by atoms with E-state index in [1.807, 2.05) is 6.07 Å². The van der Waals surface area contributed by atoms with Crippen LogP contribution in [-0.4, -0.2) is 22.3 Å². The molecule has 0 radical (unpaired) electrons. The Bertz CT molecular complexity index is 560. The van der Waals surface area contributed by atoms with Crippen LogP contribution in [0.5, 0.6) is 0 Å². The molecule has 0 atom stereocenters. The number of hydrogen-bond donors (Lipinski definition) is 0. The molecule has 0 saturated heterocycles. The van der Waals surface area contributed by atoms with Crippen molar-refractivity contribution in [2.45, 2.75) is 38.8 Å². The average molecular weight is 267 g/mol. The summed E-state index contributed by atoms with van der Waals surface area (Å²) in [6.45, 7) is 6.95. The molecule has 2 rings (SSSR count). The molecule has 3 nitrogen and oxygen atoms in total. The lowest BCUT2D eigenvalue weighted by atomic mass is 10.1. The number of methoxy groups -OCH3 is 1. The van der Waals surface area contributed by atoms with Crippen LogP contribution in [-0.2, 0) is 17.2 Å². The minimum Gasteiger partial charge on any atom is -0.377 e. The van der Waals surface area contributed by atoms with Crippen molar-refractivity contribution in [3.8, 4) is 0 Å². The lowest BCUT2D eigenvalue weighted by Crippen LogP contribution is -2.29. The molecule has 0 fully saturated rings. The molecule has 18 heavy (non-hydrogen) atoms. The van der Waals surface area contributed by atoms with Crippen LogP contribution in [0.15, 0.2) is 18.2 Å². The molecular weight excluding hydrogens is 248 g/mol. The standard InChI is InChI=1S/C14H19ClN2O/c1-10-5-6-11-12(7-10)17(13(8-15)16-11)9-14(2,3)18-4/h5-7H,8-9H2,1-4H3. The molecule has 0 bridgehead atoms. The fraction of sp³-hybridized carbons (Fsp3) is 0.500. The van der Waals surface area contributed by atoms with Gasteiger partial charge in [-0.15, -0.1) is 11.6 Å². The van der Waals surface area contributed by atoms with Crippen LogP contribution in [0.4, 0.5) is 0 Å². The van der Waals surface area contributed by atoms with Crippen molar-refractivity contribution in [2.24, 2.45) is 0 Å². The first-order valence-corrected chi connectivity index (χ1v) is 6.57. The van der Waals surface area contributed by atoms with Gasteiger partial charge >= 0.3 is 0 Å². The normalized spacial score (nSPS) is 12.3. The predicted octanol–water partition coefficient (Wildman–Crippen LogP) is 3.51. The molecule has 0 aliphatic carbocycles. The number of ether oxygens (including phenoxy) is 1. The van der Waals surface area contributed by atoms with Gasteiger partial charge in [-0.1, -0.05) is 6.07 Å². The second-order valence-electron chi connectivity index (χ2n) is 5.20. The number of aryl methyl sites for hydroxylation is 1. The van der Waals surface area contributed by atoms with Gasteiger partial charge in [0.05, 0.1) is 29.1 Å². The fourth-order valence-electron chi connectivity index (χ4n) is 2.01.